The molecule has 144 valence electrons. The van der Waals surface area contributed by atoms with Crippen molar-refractivity contribution in [2.75, 3.05) is 5.32 Å². The molecule has 0 spiro atoms. The van der Waals surface area contributed by atoms with Crippen molar-refractivity contribution in [3.63, 3.8) is 0 Å². The number of nitrogens with one attached hydrogen (secondary N) is 1. The Kier molecular flexibility index (Phi) is 4.85. The van der Waals surface area contributed by atoms with Crippen LogP contribution in [0.2, 0.25) is 0 Å². The van der Waals surface area contributed by atoms with E-state index in [0.717, 1.165) is 33.4 Å². The highest BCUT2D eigenvalue weighted by atomic mass is 32.2. The Morgan fingerprint density at radius 3 is 2.68 bits per heavy atom. The molecule has 0 fully saturated rings. The minimum absolute atomic E-state index is 0.0263. The van der Waals surface area contributed by atoms with Crippen molar-refractivity contribution < 1.29 is 9.21 Å². The summed E-state index contributed by atoms with van der Waals surface area (Å²) in [6.07, 6.45) is 4.00. The van der Waals surface area contributed by atoms with Crippen LogP contribution in [0, 0.1) is 20.8 Å². The van der Waals surface area contributed by atoms with E-state index in [1.807, 2.05) is 37.3 Å². The first-order valence-electron chi connectivity index (χ1n) is 9.23. The van der Waals surface area contributed by atoms with Gasteiger partial charge in [-0.15, -0.1) is 10.2 Å². The molecule has 0 bridgehead atoms. The zero-order chi connectivity index (χ0) is 19.8. The SMILES string of the molecule is CC[C@@H](Sc1nncn2c1cc1occc12)C(=O)Nc1c(C)cc(C)cc1C. The van der Waals surface area contributed by atoms with Crippen LogP contribution in [-0.4, -0.2) is 25.8 Å². The summed E-state index contributed by atoms with van der Waals surface area (Å²) in [4.78, 5) is 13.0. The fourth-order valence-corrected chi connectivity index (χ4v) is 4.51. The van der Waals surface area contributed by atoms with Gasteiger partial charge >= 0.3 is 0 Å². The Hall–Kier alpha value is -2.80. The maximum atomic E-state index is 13.0. The number of furan rings is 1. The number of thioether (sulfide) groups is 1. The van der Waals surface area contributed by atoms with Crippen LogP contribution in [0.25, 0.3) is 16.6 Å². The van der Waals surface area contributed by atoms with E-state index in [1.54, 1.807) is 12.6 Å². The number of fused-ring (bicyclic) bond motifs is 3. The van der Waals surface area contributed by atoms with E-state index in [0.29, 0.717) is 11.4 Å². The van der Waals surface area contributed by atoms with Gasteiger partial charge in [-0.2, -0.15) is 0 Å². The molecule has 4 aromatic rings. The van der Waals surface area contributed by atoms with Gasteiger partial charge in [-0.1, -0.05) is 36.4 Å². The number of hydrogen-bond acceptors (Lipinski definition) is 5. The Labute approximate surface area is 167 Å². The van der Waals surface area contributed by atoms with Crippen molar-refractivity contribution >= 4 is 40.0 Å². The third-order valence-corrected chi connectivity index (χ3v) is 6.18. The molecule has 0 unspecified atom stereocenters. The third-order valence-electron chi connectivity index (χ3n) is 4.84. The minimum atomic E-state index is -0.276. The largest absolute Gasteiger partial charge is 0.463 e. The van der Waals surface area contributed by atoms with Crippen LogP contribution in [0.15, 0.2) is 46.3 Å². The van der Waals surface area contributed by atoms with Crippen molar-refractivity contribution in [3.8, 4) is 0 Å². The quantitative estimate of drug-likeness (QED) is 0.487. The molecule has 28 heavy (non-hydrogen) atoms. The average Bonchev–Trinajstić information content (AvgIpc) is 3.24. The Balaban J connectivity index is 1.61. The van der Waals surface area contributed by atoms with Gasteiger partial charge in [-0.3, -0.25) is 9.20 Å². The second kappa shape index (κ2) is 7.31. The molecule has 1 atom stereocenters. The fraction of sp³-hybridized carbons (Fsp3) is 0.286. The first-order chi connectivity index (χ1) is 13.5. The molecule has 1 amide bonds. The maximum absolute atomic E-state index is 13.0. The molecule has 0 aliphatic carbocycles. The van der Waals surface area contributed by atoms with E-state index in [2.05, 4.69) is 34.6 Å². The molecule has 0 radical (unpaired) electrons. The highest BCUT2D eigenvalue weighted by Crippen LogP contribution is 2.32. The van der Waals surface area contributed by atoms with E-state index in [4.69, 9.17) is 4.42 Å². The summed E-state index contributed by atoms with van der Waals surface area (Å²) in [6.45, 7) is 8.10. The van der Waals surface area contributed by atoms with Crippen LogP contribution < -0.4 is 5.32 Å². The summed E-state index contributed by atoms with van der Waals surface area (Å²) >= 11 is 1.43. The predicted octanol–water partition coefficient (Wildman–Crippen LogP) is 4.91. The molecule has 0 saturated heterocycles. The number of benzene rings is 1. The topological polar surface area (TPSA) is 72.4 Å². The van der Waals surface area contributed by atoms with Crippen LogP contribution in [-0.2, 0) is 4.79 Å². The second-order valence-electron chi connectivity index (χ2n) is 6.98. The van der Waals surface area contributed by atoms with Gasteiger partial charge in [0.15, 0.2) is 5.58 Å². The molecular weight excluding hydrogens is 372 g/mol. The number of aromatic nitrogens is 3. The zero-order valence-electron chi connectivity index (χ0n) is 16.3. The lowest BCUT2D eigenvalue weighted by Gasteiger charge is -2.17. The van der Waals surface area contributed by atoms with Crippen LogP contribution in [0.4, 0.5) is 5.69 Å². The second-order valence-corrected chi connectivity index (χ2v) is 8.17. The highest BCUT2D eigenvalue weighted by Gasteiger charge is 2.22. The Morgan fingerprint density at radius 1 is 1.21 bits per heavy atom. The van der Waals surface area contributed by atoms with E-state index in [9.17, 15) is 4.79 Å². The standard InChI is InChI=1S/C21H22N4O2S/c1-5-18(20(26)23-19-13(3)8-12(2)9-14(19)4)28-21-16-10-17-15(6-7-27-17)25(16)11-22-24-21/h6-11,18H,5H2,1-4H3,(H,23,26)/t18-/m1/s1. The maximum Gasteiger partial charge on any atom is 0.237 e. The monoisotopic (exact) mass is 394 g/mol. The van der Waals surface area contributed by atoms with E-state index >= 15 is 0 Å². The first kappa shape index (κ1) is 18.6. The minimum Gasteiger partial charge on any atom is -0.463 e. The molecule has 1 aromatic carbocycles. The summed E-state index contributed by atoms with van der Waals surface area (Å²) in [5, 5.41) is 11.9. The van der Waals surface area contributed by atoms with Crippen LogP contribution >= 0.6 is 11.8 Å². The summed E-state index contributed by atoms with van der Waals surface area (Å²) in [7, 11) is 0. The van der Waals surface area contributed by atoms with E-state index in [-0.39, 0.29) is 11.2 Å². The number of anilines is 1. The number of carbonyl (C=O) groups is 1. The van der Waals surface area contributed by atoms with Gasteiger partial charge in [-0.25, -0.2) is 0 Å². The molecule has 0 aliphatic heterocycles. The van der Waals surface area contributed by atoms with Gasteiger partial charge in [0.2, 0.25) is 5.91 Å². The fourth-order valence-electron chi connectivity index (χ4n) is 3.54. The summed E-state index contributed by atoms with van der Waals surface area (Å²) in [5.41, 5.74) is 6.82. The molecule has 1 N–H and O–H groups in total. The van der Waals surface area contributed by atoms with E-state index in [1.165, 1.54) is 17.3 Å². The highest BCUT2D eigenvalue weighted by molar-refractivity contribution is 8.00. The normalized spacial score (nSPS) is 12.6. The predicted molar refractivity (Wildman–Crippen MR) is 112 cm³/mol. The summed E-state index contributed by atoms with van der Waals surface area (Å²) in [6, 6.07) is 7.99. The molecule has 3 heterocycles. The van der Waals surface area contributed by atoms with Gasteiger partial charge in [-0.05, 0) is 38.3 Å². The third kappa shape index (κ3) is 3.26. The van der Waals surface area contributed by atoms with Gasteiger partial charge in [0.25, 0.3) is 0 Å². The van der Waals surface area contributed by atoms with Gasteiger partial charge < -0.3 is 9.73 Å². The lowest BCUT2D eigenvalue weighted by Crippen LogP contribution is -2.25. The lowest BCUT2D eigenvalue weighted by atomic mass is 10.0. The van der Waals surface area contributed by atoms with Crippen molar-refractivity contribution in [3.05, 3.63) is 53.5 Å². The lowest BCUT2D eigenvalue weighted by molar-refractivity contribution is -0.115. The number of aryl methyl sites for hydroxylation is 3. The molecule has 6 nitrogen and oxygen atoms in total. The zero-order valence-corrected chi connectivity index (χ0v) is 17.1. The summed E-state index contributed by atoms with van der Waals surface area (Å²) in [5.74, 6) is -0.0263. The molecule has 0 saturated carbocycles. The average molecular weight is 395 g/mol. The van der Waals surface area contributed by atoms with Gasteiger partial charge in [0.1, 0.15) is 11.4 Å². The molecule has 0 aliphatic rings. The number of nitrogens with zero attached hydrogens (tertiary/aromatic N) is 3. The molecule has 7 heteroatoms. The smallest absolute Gasteiger partial charge is 0.237 e. The summed E-state index contributed by atoms with van der Waals surface area (Å²) < 4.78 is 7.42. The van der Waals surface area contributed by atoms with Gasteiger partial charge in [0, 0.05) is 17.8 Å². The molecule has 3 aromatic heterocycles. The van der Waals surface area contributed by atoms with Crippen molar-refractivity contribution in [2.24, 2.45) is 0 Å². The molecular formula is C21H22N4O2S. The Morgan fingerprint density at radius 2 is 1.96 bits per heavy atom. The number of carbonyl (C=O) groups excluding carboxylic acids is 1. The van der Waals surface area contributed by atoms with Crippen molar-refractivity contribution in [1.82, 2.24) is 14.6 Å². The molecule has 4 rings (SSSR count). The Bertz CT molecular complexity index is 1150. The van der Waals surface area contributed by atoms with Crippen LogP contribution in [0.5, 0.6) is 0 Å². The first-order valence-corrected chi connectivity index (χ1v) is 10.1. The number of hydrogen-bond donors (Lipinski definition) is 1. The number of rotatable bonds is 5. The van der Waals surface area contributed by atoms with E-state index < -0.39 is 0 Å². The van der Waals surface area contributed by atoms with Gasteiger partial charge in [0.05, 0.1) is 22.5 Å². The van der Waals surface area contributed by atoms with Crippen LogP contribution in [0.3, 0.4) is 0 Å². The van der Waals surface area contributed by atoms with Crippen LogP contribution in [0.1, 0.15) is 30.0 Å². The van der Waals surface area contributed by atoms with Crippen molar-refractivity contribution in [2.45, 2.75) is 44.4 Å². The van der Waals surface area contributed by atoms with Crippen molar-refractivity contribution in [1.29, 1.82) is 0 Å². The number of amides is 1.